The third-order valence-electron chi connectivity index (χ3n) is 6.62. The molecule has 9 heteroatoms. The lowest BCUT2D eigenvalue weighted by Crippen LogP contribution is -2.37. The largest absolute Gasteiger partial charge is 0.467 e. The van der Waals surface area contributed by atoms with Gasteiger partial charge in [0.05, 0.1) is 7.11 Å². The molecule has 0 aromatic heterocycles. The number of hydrogen-bond acceptors (Lipinski definition) is 8. The number of rotatable bonds is 19. The quantitative estimate of drug-likeness (QED) is 0.115. The molecule has 38 heavy (non-hydrogen) atoms. The lowest BCUT2D eigenvalue weighted by molar-refractivity contribution is -0.144. The van der Waals surface area contributed by atoms with Gasteiger partial charge in [0.15, 0.2) is 0 Å². The molecule has 0 saturated carbocycles. The molecule has 224 valence electrons. The van der Waals surface area contributed by atoms with Gasteiger partial charge >= 0.3 is 5.97 Å². The van der Waals surface area contributed by atoms with Gasteiger partial charge in [-0.05, 0) is 63.6 Å². The Labute approximate surface area is 237 Å². The number of carbonyl (C=O) groups is 3. The molecular weight excluding hydrogens is 500 g/mol. The summed E-state index contributed by atoms with van der Waals surface area (Å²) in [5.41, 5.74) is 10.9. The Balaban J connectivity index is 0. The van der Waals surface area contributed by atoms with E-state index in [-0.39, 0.29) is 5.78 Å². The predicted molar refractivity (Wildman–Crippen MR) is 162 cm³/mol. The highest BCUT2D eigenvalue weighted by molar-refractivity contribution is 7.98. The van der Waals surface area contributed by atoms with Crippen molar-refractivity contribution in [2.45, 2.75) is 110 Å². The summed E-state index contributed by atoms with van der Waals surface area (Å²) in [7, 11) is 1.31. The molecule has 5 N–H and O–H groups in total. The van der Waals surface area contributed by atoms with Gasteiger partial charge in [0.2, 0.25) is 6.41 Å². The first-order chi connectivity index (χ1) is 18.3. The van der Waals surface area contributed by atoms with E-state index in [1.165, 1.54) is 104 Å². The van der Waals surface area contributed by atoms with Crippen molar-refractivity contribution in [2.24, 2.45) is 17.4 Å². The molecule has 0 aliphatic carbocycles. The van der Waals surface area contributed by atoms with Crippen molar-refractivity contribution in [1.29, 1.82) is 0 Å². The topological polar surface area (TPSA) is 128 Å². The average Bonchev–Trinajstić information content (AvgIpc) is 3.39. The molecule has 1 amide bonds. The van der Waals surface area contributed by atoms with E-state index >= 15 is 0 Å². The van der Waals surface area contributed by atoms with E-state index < -0.39 is 12.0 Å². The zero-order valence-electron chi connectivity index (χ0n) is 25.0. The minimum atomic E-state index is -0.500. The first-order valence-corrected chi connectivity index (χ1v) is 15.8. The lowest BCUT2D eigenvalue weighted by atomic mass is 10.1. The van der Waals surface area contributed by atoms with Crippen LogP contribution in [0.2, 0.25) is 0 Å². The van der Waals surface area contributed by atoms with Gasteiger partial charge in [0.1, 0.15) is 11.8 Å². The van der Waals surface area contributed by atoms with Gasteiger partial charge in [-0.3, -0.25) is 4.79 Å². The molecule has 0 aromatic carbocycles. The van der Waals surface area contributed by atoms with Crippen LogP contribution in [0.1, 0.15) is 104 Å². The number of hydrogen-bond donors (Lipinski definition) is 3. The zero-order valence-corrected chi connectivity index (χ0v) is 25.8. The molecule has 1 aliphatic heterocycles. The molecule has 1 saturated heterocycles. The van der Waals surface area contributed by atoms with Crippen molar-refractivity contribution in [1.82, 2.24) is 10.2 Å². The summed E-state index contributed by atoms with van der Waals surface area (Å²) in [5.74, 6) is 1.57. The molecule has 8 nitrogen and oxygen atoms in total. The van der Waals surface area contributed by atoms with E-state index in [0.29, 0.717) is 31.4 Å². The van der Waals surface area contributed by atoms with Crippen molar-refractivity contribution in [3.05, 3.63) is 11.9 Å². The van der Waals surface area contributed by atoms with Crippen molar-refractivity contribution < 1.29 is 19.1 Å². The Morgan fingerprint density at radius 1 is 1.11 bits per heavy atom. The van der Waals surface area contributed by atoms with Crippen LogP contribution in [0.3, 0.4) is 0 Å². The average molecular weight is 559 g/mol. The number of likely N-dealkylation sites (tertiary alicyclic amines) is 1. The van der Waals surface area contributed by atoms with Crippen molar-refractivity contribution in [3.8, 4) is 0 Å². The number of nitrogens with one attached hydrogen (secondary N) is 1. The van der Waals surface area contributed by atoms with Gasteiger partial charge in [-0.2, -0.15) is 11.8 Å². The number of nitrogens with two attached hydrogens (primary N) is 2. The summed E-state index contributed by atoms with van der Waals surface area (Å²) in [6, 6.07) is -0.500. The zero-order chi connectivity index (χ0) is 29.0. The fraction of sp³-hybridized carbons (Fsp3) is 0.828. The third-order valence-corrected chi connectivity index (χ3v) is 7.26. The van der Waals surface area contributed by atoms with Crippen LogP contribution in [0.25, 0.3) is 0 Å². The highest BCUT2D eigenvalue weighted by Gasteiger charge is 2.19. The Bertz CT molecular complexity index is 619. The van der Waals surface area contributed by atoms with Crippen molar-refractivity contribution in [2.75, 3.05) is 38.8 Å². The van der Waals surface area contributed by atoms with E-state index in [0.717, 1.165) is 11.7 Å². The predicted octanol–water partition coefficient (Wildman–Crippen LogP) is 5.00. The molecule has 1 fully saturated rings. The fourth-order valence-corrected chi connectivity index (χ4v) is 4.52. The van der Waals surface area contributed by atoms with Crippen LogP contribution in [0.15, 0.2) is 11.9 Å². The number of nitrogens with zero attached hydrogens (tertiary/aromatic N) is 1. The molecular formula is C29H58N4O4S. The van der Waals surface area contributed by atoms with Crippen LogP contribution >= 0.6 is 11.8 Å². The normalized spacial score (nSPS) is 15.9. The molecule has 2 atom stereocenters. The number of amides is 1. The molecule has 0 spiro atoms. The van der Waals surface area contributed by atoms with Crippen LogP contribution in [-0.2, 0) is 19.1 Å². The summed E-state index contributed by atoms with van der Waals surface area (Å²) in [4.78, 5) is 34.1. The molecule has 1 heterocycles. The fourth-order valence-electron chi connectivity index (χ4n) is 4.05. The molecule has 1 unspecified atom stereocenters. The number of allylic oxidation sites excluding steroid dienone is 1. The van der Waals surface area contributed by atoms with E-state index in [1.54, 1.807) is 11.8 Å². The van der Waals surface area contributed by atoms with E-state index in [1.807, 2.05) is 6.26 Å². The molecule has 0 radical (unpaired) electrons. The van der Waals surface area contributed by atoms with E-state index in [2.05, 4.69) is 28.8 Å². The number of ether oxygens (including phenoxy) is 1. The maximum atomic E-state index is 11.0. The van der Waals surface area contributed by atoms with E-state index in [9.17, 15) is 14.4 Å². The van der Waals surface area contributed by atoms with Crippen LogP contribution in [0.5, 0.6) is 0 Å². The number of ketones is 1. The number of Topliss-reactive ketones (excluding diaryl/α,β-unsaturated/α-hetero) is 1. The molecule has 1 rings (SSSR count). The summed E-state index contributed by atoms with van der Waals surface area (Å²) < 4.78 is 4.49. The smallest absolute Gasteiger partial charge is 0.328 e. The van der Waals surface area contributed by atoms with Gasteiger partial charge in [-0.1, -0.05) is 65.2 Å². The van der Waals surface area contributed by atoms with Crippen LogP contribution < -0.4 is 16.8 Å². The summed E-state index contributed by atoms with van der Waals surface area (Å²) in [5, 5.41) is 2.40. The standard InChI is InChI=1S/C16H33N.C7H13NO3S.C6H12N2O/c1-3-5-6-7-8-9-10-11-13-17-14-12-16(4-2)15-17;1-11-7(10)6(8-5-9)3-4-12-2;1-5(9)2-3-6(8)4-7/h16H,3-15H2,1-2H3;5-6H,3-4H2,1-2H3,(H,8,9);4H,2-3,7-8H2,1H3/b;;6-4-/t16-;;/m0../s1. The number of carbonyl (C=O) groups excluding carboxylic acids is 3. The highest BCUT2D eigenvalue weighted by Crippen LogP contribution is 2.19. The Morgan fingerprint density at radius 2 is 1.74 bits per heavy atom. The lowest BCUT2D eigenvalue weighted by Gasteiger charge is -2.15. The Morgan fingerprint density at radius 3 is 2.21 bits per heavy atom. The molecule has 1 aliphatic rings. The summed E-state index contributed by atoms with van der Waals surface area (Å²) in [6.07, 6.45) is 19.8. The maximum Gasteiger partial charge on any atom is 0.328 e. The third kappa shape index (κ3) is 24.6. The molecule has 0 bridgehead atoms. The second kappa shape index (κ2) is 28.3. The van der Waals surface area contributed by atoms with Crippen molar-refractivity contribution in [3.63, 3.8) is 0 Å². The molecule has 0 aromatic rings. The summed E-state index contributed by atoms with van der Waals surface area (Å²) in [6.45, 7) is 10.3. The van der Waals surface area contributed by atoms with Gasteiger partial charge < -0.3 is 31.2 Å². The van der Waals surface area contributed by atoms with Gasteiger partial charge in [-0.15, -0.1) is 0 Å². The number of unbranched alkanes of at least 4 members (excludes halogenated alkanes) is 7. The van der Waals surface area contributed by atoms with Crippen LogP contribution in [0.4, 0.5) is 0 Å². The Hall–Kier alpha value is -1.74. The van der Waals surface area contributed by atoms with Crippen molar-refractivity contribution >= 4 is 29.9 Å². The number of methoxy groups -OCH3 is 1. The van der Waals surface area contributed by atoms with Gasteiger partial charge in [-0.25, -0.2) is 4.79 Å². The second-order valence-electron chi connectivity index (χ2n) is 9.92. The first-order valence-electron chi connectivity index (χ1n) is 14.4. The maximum absolute atomic E-state index is 11.0. The van der Waals surface area contributed by atoms with Gasteiger partial charge in [0.25, 0.3) is 0 Å². The van der Waals surface area contributed by atoms with Gasteiger partial charge in [0, 0.05) is 24.9 Å². The second-order valence-corrected chi connectivity index (χ2v) is 10.9. The monoisotopic (exact) mass is 558 g/mol. The number of thioether (sulfide) groups is 1. The minimum Gasteiger partial charge on any atom is -0.467 e. The minimum absolute atomic E-state index is 0.139. The first kappa shape index (κ1) is 38.4. The SMILES string of the molecule is CC(=O)CC/C(N)=C/N.CCCCCCCCCCN1CC[C@H](CC)C1.COC(=O)C(CCSC)NC=O. The number of esters is 1. The highest BCUT2D eigenvalue weighted by atomic mass is 32.2. The van der Waals surface area contributed by atoms with Crippen LogP contribution in [-0.4, -0.2) is 67.9 Å². The summed E-state index contributed by atoms with van der Waals surface area (Å²) >= 11 is 1.62. The Kier molecular flexibility index (Phi) is 28.6. The van der Waals surface area contributed by atoms with E-state index in [4.69, 9.17) is 11.5 Å². The van der Waals surface area contributed by atoms with Crippen LogP contribution in [0, 0.1) is 5.92 Å².